The summed E-state index contributed by atoms with van der Waals surface area (Å²) in [6.45, 7) is 6.70. The fourth-order valence-corrected chi connectivity index (χ4v) is 2.73. The molecule has 1 aliphatic heterocycles. The van der Waals surface area contributed by atoms with Crippen LogP contribution in [0.25, 0.3) is 6.08 Å². The molecule has 0 aromatic heterocycles. The van der Waals surface area contributed by atoms with E-state index in [1.807, 2.05) is 12.1 Å². The molecule has 2 N–H and O–H groups in total. The van der Waals surface area contributed by atoms with Crippen LogP contribution in [-0.4, -0.2) is 30.3 Å². The second-order valence-corrected chi connectivity index (χ2v) is 7.59. The van der Waals surface area contributed by atoms with E-state index in [0.29, 0.717) is 23.8 Å². The van der Waals surface area contributed by atoms with Gasteiger partial charge in [-0.25, -0.2) is 0 Å². The highest BCUT2D eigenvalue weighted by Crippen LogP contribution is 2.34. The molecular formula is C22H25NO4. The number of fused-ring (bicyclic) bond motifs is 1. The molecule has 0 bridgehead atoms. The number of carbonyl (C=O) groups excluding carboxylic acids is 1. The second kappa shape index (κ2) is 7.84. The van der Waals surface area contributed by atoms with Gasteiger partial charge in [0.1, 0.15) is 6.61 Å². The summed E-state index contributed by atoms with van der Waals surface area (Å²) < 4.78 is 11.1. The lowest BCUT2D eigenvalue weighted by molar-refractivity contribution is -0.111. The number of rotatable bonds is 4. The number of aliphatic hydroxyl groups excluding tert-OH is 1. The Morgan fingerprint density at radius 1 is 1.19 bits per heavy atom. The summed E-state index contributed by atoms with van der Waals surface area (Å²) in [5.41, 5.74) is 2.92. The molecule has 3 rings (SSSR count). The number of ether oxygens (including phenoxy) is 2. The van der Waals surface area contributed by atoms with Crippen molar-refractivity contribution in [2.24, 2.45) is 0 Å². The third-order valence-corrected chi connectivity index (χ3v) is 4.34. The van der Waals surface area contributed by atoms with Crippen molar-refractivity contribution in [3.8, 4) is 11.5 Å². The summed E-state index contributed by atoms with van der Waals surface area (Å²) in [5, 5.41) is 12.0. The number of carbonyl (C=O) groups is 1. The molecule has 2 aromatic carbocycles. The molecule has 27 heavy (non-hydrogen) atoms. The minimum absolute atomic E-state index is 0.104. The van der Waals surface area contributed by atoms with Crippen LogP contribution in [0.5, 0.6) is 11.5 Å². The zero-order chi connectivity index (χ0) is 19.4. The Balaban J connectivity index is 1.63. The van der Waals surface area contributed by atoms with Crippen molar-refractivity contribution < 1.29 is 19.4 Å². The Morgan fingerprint density at radius 3 is 2.59 bits per heavy atom. The lowest BCUT2D eigenvalue weighted by atomic mass is 9.87. The van der Waals surface area contributed by atoms with E-state index in [1.165, 1.54) is 11.6 Å². The molecule has 1 heterocycles. The summed E-state index contributed by atoms with van der Waals surface area (Å²) in [5.74, 6) is 0.886. The highest BCUT2D eigenvalue weighted by Gasteiger charge is 2.20. The summed E-state index contributed by atoms with van der Waals surface area (Å²) in [4.78, 5) is 12.2. The van der Waals surface area contributed by atoms with E-state index < -0.39 is 0 Å². The van der Waals surface area contributed by atoms with Gasteiger partial charge in [0, 0.05) is 17.8 Å². The van der Waals surface area contributed by atoms with Crippen LogP contribution in [0.3, 0.4) is 0 Å². The van der Waals surface area contributed by atoms with Gasteiger partial charge < -0.3 is 19.9 Å². The SMILES string of the molecule is CC(C)(C)c1ccc(/C=C/C(=O)Nc2ccc3c(c2)OC(CO)CO3)cc1. The highest BCUT2D eigenvalue weighted by molar-refractivity contribution is 6.02. The number of benzene rings is 2. The number of aliphatic hydroxyl groups is 1. The van der Waals surface area contributed by atoms with E-state index in [2.05, 4.69) is 38.2 Å². The molecule has 1 unspecified atom stereocenters. The fraction of sp³-hybridized carbons (Fsp3) is 0.318. The molecule has 0 saturated carbocycles. The van der Waals surface area contributed by atoms with Gasteiger partial charge in [-0.2, -0.15) is 0 Å². The zero-order valence-electron chi connectivity index (χ0n) is 15.9. The van der Waals surface area contributed by atoms with Crippen LogP contribution in [0.1, 0.15) is 31.9 Å². The maximum Gasteiger partial charge on any atom is 0.248 e. The average molecular weight is 367 g/mol. The molecule has 1 aliphatic rings. The Bertz CT molecular complexity index is 834. The zero-order valence-corrected chi connectivity index (χ0v) is 15.9. The van der Waals surface area contributed by atoms with E-state index in [-0.39, 0.29) is 24.0 Å². The van der Waals surface area contributed by atoms with Crippen molar-refractivity contribution in [3.05, 3.63) is 59.7 Å². The van der Waals surface area contributed by atoms with Crippen LogP contribution in [0, 0.1) is 0 Å². The normalized spacial score (nSPS) is 16.4. The van der Waals surface area contributed by atoms with E-state index in [0.717, 1.165) is 5.56 Å². The topological polar surface area (TPSA) is 67.8 Å². The standard InChI is InChI=1S/C22H25NO4/c1-22(2,3)16-7-4-15(5-8-16)6-11-21(25)23-17-9-10-19-20(12-17)27-18(13-24)14-26-19/h4-12,18,24H,13-14H2,1-3H3,(H,23,25)/b11-6+. The van der Waals surface area contributed by atoms with Crippen molar-refractivity contribution in [1.29, 1.82) is 0 Å². The summed E-state index contributed by atoms with van der Waals surface area (Å²) in [6, 6.07) is 13.4. The van der Waals surface area contributed by atoms with Crippen LogP contribution in [0.15, 0.2) is 48.5 Å². The van der Waals surface area contributed by atoms with Crippen molar-refractivity contribution in [2.45, 2.75) is 32.3 Å². The van der Waals surface area contributed by atoms with Gasteiger partial charge in [-0.05, 0) is 34.8 Å². The first-order valence-electron chi connectivity index (χ1n) is 8.99. The molecule has 0 fully saturated rings. The molecule has 5 nitrogen and oxygen atoms in total. The third-order valence-electron chi connectivity index (χ3n) is 4.34. The summed E-state index contributed by atoms with van der Waals surface area (Å²) in [6.07, 6.45) is 2.89. The first-order chi connectivity index (χ1) is 12.8. The van der Waals surface area contributed by atoms with Crippen molar-refractivity contribution >= 4 is 17.7 Å². The molecule has 0 aliphatic carbocycles. The number of nitrogens with one attached hydrogen (secondary N) is 1. The van der Waals surface area contributed by atoms with Gasteiger partial charge in [-0.3, -0.25) is 4.79 Å². The van der Waals surface area contributed by atoms with Crippen molar-refractivity contribution in [2.75, 3.05) is 18.5 Å². The van der Waals surface area contributed by atoms with E-state index in [4.69, 9.17) is 9.47 Å². The van der Waals surface area contributed by atoms with Crippen LogP contribution < -0.4 is 14.8 Å². The second-order valence-electron chi connectivity index (χ2n) is 7.59. The van der Waals surface area contributed by atoms with Crippen LogP contribution in [0.4, 0.5) is 5.69 Å². The van der Waals surface area contributed by atoms with Gasteiger partial charge in [0.25, 0.3) is 0 Å². The Labute approximate surface area is 159 Å². The number of hydrogen-bond donors (Lipinski definition) is 2. The largest absolute Gasteiger partial charge is 0.486 e. The van der Waals surface area contributed by atoms with Crippen LogP contribution in [-0.2, 0) is 10.2 Å². The van der Waals surface area contributed by atoms with Gasteiger partial charge in [-0.1, -0.05) is 45.0 Å². The molecule has 142 valence electrons. The molecule has 1 atom stereocenters. The quantitative estimate of drug-likeness (QED) is 0.808. The van der Waals surface area contributed by atoms with Gasteiger partial charge in [0.15, 0.2) is 17.6 Å². The molecular weight excluding hydrogens is 342 g/mol. The Hall–Kier alpha value is -2.79. The molecule has 0 saturated heterocycles. The van der Waals surface area contributed by atoms with Crippen molar-refractivity contribution in [1.82, 2.24) is 0 Å². The molecule has 1 amide bonds. The lowest BCUT2D eigenvalue weighted by Gasteiger charge is -2.25. The lowest BCUT2D eigenvalue weighted by Crippen LogP contribution is -2.32. The summed E-state index contributed by atoms with van der Waals surface area (Å²) >= 11 is 0. The fourth-order valence-electron chi connectivity index (χ4n) is 2.73. The van der Waals surface area contributed by atoms with Gasteiger partial charge in [0.05, 0.1) is 6.61 Å². The first-order valence-corrected chi connectivity index (χ1v) is 8.99. The average Bonchev–Trinajstić information content (AvgIpc) is 2.65. The van der Waals surface area contributed by atoms with Crippen LogP contribution in [0.2, 0.25) is 0 Å². The minimum atomic E-state index is -0.389. The van der Waals surface area contributed by atoms with Gasteiger partial charge >= 0.3 is 0 Å². The maximum absolute atomic E-state index is 12.2. The Kier molecular flexibility index (Phi) is 5.51. The monoisotopic (exact) mass is 367 g/mol. The van der Waals surface area contributed by atoms with Crippen molar-refractivity contribution in [3.63, 3.8) is 0 Å². The number of amides is 1. The molecule has 0 spiro atoms. The molecule has 2 aromatic rings. The highest BCUT2D eigenvalue weighted by atomic mass is 16.6. The predicted octanol–water partition coefficient (Wildman–Crippen LogP) is 3.77. The first kappa shape index (κ1) is 19.0. The van der Waals surface area contributed by atoms with E-state index in [1.54, 1.807) is 24.3 Å². The van der Waals surface area contributed by atoms with Gasteiger partial charge in [-0.15, -0.1) is 0 Å². The molecule has 5 heteroatoms. The summed E-state index contributed by atoms with van der Waals surface area (Å²) in [7, 11) is 0. The smallest absolute Gasteiger partial charge is 0.248 e. The minimum Gasteiger partial charge on any atom is -0.486 e. The third kappa shape index (κ3) is 4.89. The number of hydrogen-bond acceptors (Lipinski definition) is 4. The van der Waals surface area contributed by atoms with Gasteiger partial charge in [0.2, 0.25) is 5.91 Å². The van der Waals surface area contributed by atoms with Crippen LogP contribution >= 0.6 is 0 Å². The van der Waals surface area contributed by atoms with E-state index >= 15 is 0 Å². The number of anilines is 1. The Morgan fingerprint density at radius 2 is 1.93 bits per heavy atom. The maximum atomic E-state index is 12.2. The molecule has 0 radical (unpaired) electrons. The van der Waals surface area contributed by atoms with E-state index in [9.17, 15) is 9.90 Å². The predicted molar refractivity (Wildman–Crippen MR) is 106 cm³/mol.